The fourth-order valence-electron chi connectivity index (χ4n) is 1.36. The van der Waals surface area contributed by atoms with Gasteiger partial charge in [-0.05, 0) is 24.6 Å². The van der Waals surface area contributed by atoms with Crippen molar-refractivity contribution in [1.82, 2.24) is 5.32 Å². The molecule has 0 saturated carbocycles. The molecule has 0 aliphatic carbocycles. The Kier molecular flexibility index (Phi) is 5.06. The van der Waals surface area contributed by atoms with Gasteiger partial charge in [0, 0.05) is 22.6 Å². The first-order valence-corrected chi connectivity index (χ1v) is 5.66. The molecule has 1 aromatic rings. The van der Waals surface area contributed by atoms with Crippen LogP contribution in [0.25, 0.3) is 0 Å². The number of nitrogens with one attached hydrogen (secondary N) is 1. The summed E-state index contributed by atoms with van der Waals surface area (Å²) in [6.07, 6.45) is 0.0928. The molecule has 2 N–H and O–H groups in total. The summed E-state index contributed by atoms with van der Waals surface area (Å²) in [6, 6.07) is 5.28. The second kappa shape index (κ2) is 6.09. The molecule has 0 radical (unpaired) electrons. The predicted molar refractivity (Wildman–Crippen MR) is 65.1 cm³/mol. The molecule has 0 fully saturated rings. The average molecular weight is 262 g/mol. The van der Waals surface area contributed by atoms with E-state index in [1.807, 2.05) is 13.0 Å². The molecule has 5 heteroatoms. The minimum absolute atomic E-state index is 0.00381. The third kappa shape index (κ3) is 4.00. The zero-order chi connectivity index (χ0) is 12.1. The highest BCUT2D eigenvalue weighted by atomic mass is 35.5. The van der Waals surface area contributed by atoms with Crippen LogP contribution in [0.15, 0.2) is 18.2 Å². The van der Waals surface area contributed by atoms with Crippen molar-refractivity contribution < 1.29 is 9.90 Å². The Hall–Kier alpha value is -0.770. The van der Waals surface area contributed by atoms with Crippen molar-refractivity contribution in [3.8, 4) is 0 Å². The van der Waals surface area contributed by atoms with E-state index in [1.165, 1.54) is 0 Å². The summed E-state index contributed by atoms with van der Waals surface area (Å²) >= 11 is 11.8. The molecule has 88 valence electrons. The lowest BCUT2D eigenvalue weighted by atomic mass is 10.1. The molecule has 0 aliphatic rings. The summed E-state index contributed by atoms with van der Waals surface area (Å²) in [5, 5.41) is 12.8. The van der Waals surface area contributed by atoms with Crippen molar-refractivity contribution in [2.24, 2.45) is 0 Å². The average Bonchev–Trinajstić information content (AvgIpc) is 2.16. The fourth-order valence-corrected chi connectivity index (χ4v) is 1.93. The third-order valence-corrected chi connectivity index (χ3v) is 2.78. The molecule has 3 nitrogen and oxygen atoms in total. The minimum Gasteiger partial charge on any atom is -0.481 e. The van der Waals surface area contributed by atoms with E-state index in [9.17, 15) is 4.79 Å². The molecule has 0 saturated heterocycles. The van der Waals surface area contributed by atoms with Gasteiger partial charge in [0.25, 0.3) is 0 Å². The topological polar surface area (TPSA) is 49.3 Å². The maximum Gasteiger partial charge on any atom is 0.304 e. The van der Waals surface area contributed by atoms with Gasteiger partial charge in [-0.2, -0.15) is 0 Å². The standard InChI is InChI=1S/C11H13Cl2NO2/c1-7(14-5-4-11(15)16)9-3-2-8(12)6-10(9)13/h2-3,6-7,14H,4-5H2,1H3,(H,15,16). The van der Waals surface area contributed by atoms with Crippen LogP contribution < -0.4 is 5.32 Å². The quantitative estimate of drug-likeness (QED) is 0.857. The Morgan fingerprint density at radius 3 is 2.75 bits per heavy atom. The lowest BCUT2D eigenvalue weighted by Gasteiger charge is -2.15. The number of hydrogen-bond donors (Lipinski definition) is 2. The third-order valence-electron chi connectivity index (χ3n) is 2.22. The van der Waals surface area contributed by atoms with Gasteiger partial charge in [0.15, 0.2) is 0 Å². The maximum atomic E-state index is 10.3. The van der Waals surface area contributed by atoms with E-state index in [0.717, 1.165) is 5.56 Å². The van der Waals surface area contributed by atoms with Gasteiger partial charge >= 0.3 is 5.97 Å². The number of carboxylic acid groups (broad SMARTS) is 1. The van der Waals surface area contributed by atoms with Crippen LogP contribution in [0.2, 0.25) is 10.0 Å². The first kappa shape index (κ1) is 13.3. The smallest absolute Gasteiger partial charge is 0.304 e. The Balaban J connectivity index is 2.58. The number of carbonyl (C=O) groups is 1. The zero-order valence-electron chi connectivity index (χ0n) is 8.84. The molecular formula is C11H13Cl2NO2. The van der Waals surface area contributed by atoms with Crippen LogP contribution in [0.4, 0.5) is 0 Å². The van der Waals surface area contributed by atoms with Crippen molar-refractivity contribution >= 4 is 29.2 Å². The lowest BCUT2D eigenvalue weighted by molar-refractivity contribution is -0.136. The van der Waals surface area contributed by atoms with Crippen LogP contribution in [-0.4, -0.2) is 17.6 Å². The number of halogens is 2. The van der Waals surface area contributed by atoms with Crippen LogP contribution in [-0.2, 0) is 4.79 Å². The largest absolute Gasteiger partial charge is 0.481 e. The van der Waals surface area contributed by atoms with Gasteiger partial charge < -0.3 is 10.4 Å². The molecule has 0 heterocycles. The first-order valence-electron chi connectivity index (χ1n) is 4.91. The summed E-state index contributed by atoms with van der Waals surface area (Å²) in [5.41, 5.74) is 0.913. The Bertz CT molecular complexity index is 382. The highest BCUT2D eigenvalue weighted by Crippen LogP contribution is 2.25. The van der Waals surface area contributed by atoms with Crippen molar-refractivity contribution in [2.75, 3.05) is 6.54 Å². The lowest BCUT2D eigenvalue weighted by Crippen LogP contribution is -2.22. The van der Waals surface area contributed by atoms with Crippen LogP contribution in [0, 0.1) is 0 Å². The van der Waals surface area contributed by atoms with Crippen molar-refractivity contribution in [3.05, 3.63) is 33.8 Å². The van der Waals surface area contributed by atoms with Crippen LogP contribution >= 0.6 is 23.2 Å². The van der Waals surface area contributed by atoms with E-state index in [1.54, 1.807) is 12.1 Å². The molecule has 0 aliphatic heterocycles. The summed E-state index contributed by atoms with van der Waals surface area (Å²) in [7, 11) is 0. The highest BCUT2D eigenvalue weighted by molar-refractivity contribution is 6.35. The molecule has 0 aromatic heterocycles. The number of benzene rings is 1. The molecule has 1 rings (SSSR count). The summed E-state index contributed by atoms with van der Waals surface area (Å²) in [6.45, 7) is 2.34. The normalized spacial score (nSPS) is 12.4. The second-order valence-corrected chi connectivity index (χ2v) is 4.33. The number of aliphatic carboxylic acids is 1. The van der Waals surface area contributed by atoms with E-state index >= 15 is 0 Å². The second-order valence-electron chi connectivity index (χ2n) is 3.49. The molecule has 16 heavy (non-hydrogen) atoms. The Labute approximate surface area is 104 Å². The fraction of sp³-hybridized carbons (Fsp3) is 0.364. The van der Waals surface area contributed by atoms with Crippen LogP contribution in [0.3, 0.4) is 0 Å². The molecule has 0 bridgehead atoms. The van der Waals surface area contributed by atoms with Crippen molar-refractivity contribution in [1.29, 1.82) is 0 Å². The molecule has 1 atom stereocenters. The van der Waals surface area contributed by atoms with Crippen molar-refractivity contribution in [2.45, 2.75) is 19.4 Å². The summed E-state index contributed by atoms with van der Waals surface area (Å²) in [4.78, 5) is 10.3. The molecule has 1 unspecified atom stereocenters. The monoisotopic (exact) mass is 261 g/mol. The molecule has 0 spiro atoms. The predicted octanol–water partition coefficient (Wildman–Crippen LogP) is 3.12. The SMILES string of the molecule is CC(NCCC(=O)O)c1ccc(Cl)cc1Cl. The molecular weight excluding hydrogens is 249 g/mol. The van der Waals surface area contributed by atoms with E-state index in [2.05, 4.69) is 5.32 Å². The van der Waals surface area contributed by atoms with E-state index in [-0.39, 0.29) is 12.5 Å². The number of rotatable bonds is 5. The Morgan fingerprint density at radius 2 is 2.19 bits per heavy atom. The van der Waals surface area contributed by atoms with E-state index in [0.29, 0.717) is 16.6 Å². The van der Waals surface area contributed by atoms with Crippen molar-refractivity contribution in [3.63, 3.8) is 0 Å². The molecule has 0 amide bonds. The van der Waals surface area contributed by atoms with Gasteiger partial charge in [-0.3, -0.25) is 4.79 Å². The van der Waals surface area contributed by atoms with E-state index < -0.39 is 5.97 Å². The first-order chi connectivity index (χ1) is 7.50. The van der Waals surface area contributed by atoms with Gasteiger partial charge in [-0.1, -0.05) is 29.3 Å². The van der Waals surface area contributed by atoms with Gasteiger partial charge in [-0.25, -0.2) is 0 Å². The van der Waals surface area contributed by atoms with Gasteiger partial charge in [0.05, 0.1) is 6.42 Å². The minimum atomic E-state index is -0.818. The maximum absolute atomic E-state index is 10.3. The van der Waals surface area contributed by atoms with Crippen LogP contribution in [0.5, 0.6) is 0 Å². The zero-order valence-corrected chi connectivity index (χ0v) is 10.3. The molecule has 1 aromatic carbocycles. The van der Waals surface area contributed by atoms with Gasteiger partial charge in [-0.15, -0.1) is 0 Å². The number of hydrogen-bond acceptors (Lipinski definition) is 2. The highest BCUT2D eigenvalue weighted by Gasteiger charge is 2.09. The van der Waals surface area contributed by atoms with Gasteiger partial charge in [0.2, 0.25) is 0 Å². The Morgan fingerprint density at radius 1 is 1.50 bits per heavy atom. The summed E-state index contributed by atoms with van der Waals surface area (Å²) < 4.78 is 0. The van der Waals surface area contributed by atoms with Crippen LogP contribution in [0.1, 0.15) is 24.9 Å². The van der Waals surface area contributed by atoms with E-state index in [4.69, 9.17) is 28.3 Å². The number of carboxylic acids is 1. The summed E-state index contributed by atoms with van der Waals surface area (Å²) in [5.74, 6) is -0.818. The van der Waals surface area contributed by atoms with Gasteiger partial charge in [0.1, 0.15) is 0 Å².